The smallest absolute Gasteiger partial charge is 0.325 e. The van der Waals surface area contributed by atoms with Crippen molar-refractivity contribution in [2.24, 2.45) is 5.73 Å². The second-order valence-electron chi connectivity index (χ2n) is 4.38. The lowest BCUT2D eigenvalue weighted by Gasteiger charge is -2.34. The van der Waals surface area contributed by atoms with Gasteiger partial charge in [-0.3, -0.25) is 4.79 Å². The number of ether oxygens (including phenoxy) is 1. The lowest BCUT2D eigenvalue weighted by Crippen LogP contribution is -2.52. The summed E-state index contributed by atoms with van der Waals surface area (Å²) in [6.45, 7) is 0. The summed E-state index contributed by atoms with van der Waals surface area (Å²) >= 11 is 1.65. The number of H-pyrrole nitrogens is 1. The predicted octanol–water partition coefficient (Wildman–Crippen LogP) is 1.31. The van der Waals surface area contributed by atoms with Gasteiger partial charge in [-0.1, -0.05) is 11.8 Å². The minimum atomic E-state index is -0.822. The van der Waals surface area contributed by atoms with Crippen LogP contribution in [0.1, 0.15) is 25.7 Å². The van der Waals surface area contributed by atoms with E-state index in [1.165, 1.54) is 7.11 Å². The highest BCUT2D eigenvalue weighted by atomic mass is 32.2. The molecule has 2 atom stereocenters. The Morgan fingerprint density at radius 2 is 2.59 bits per heavy atom. The fourth-order valence-electron chi connectivity index (χ4n) is 2.22. The number of aromatic amines is 1. The first-order valence-electron chi connectivity index (χ1n) is 5.67. The van der Waals surface area contributed by atoms with Crippen molar-refractivity contribution in [2.45, 2.75) is 41.6 Å². The number of imidazole rings is 1. The van der Waals surface area contributed by atoms with Gasteiger partial charge in [-0.15, -0.1) is 0 Å². The largest absolute Gasteiger partial charge is 0.468 e. The highest BCUT2D eigenvalue weighted by Crippen LogP contribution is 2.36. The highest BCUT2D eigenvalue weighted by Gasteiger charge is 2.40. The number of esters is 1. The van der Waals surface area contributed by atoms with Crippen LogP contribution in [0.2, 0.25) is 0 Å². The molecule has 94 valence electrons. The van der Waals surface area contributed by atoms with Gasteiger partial charge in [-0.05, 0) is 25.7 Å². The third-order valence-corrected chi connectivity index (χ3v) is 4.27. The predicted molar refractivity (Wildman–Crippen MR) is 65.6 cm³/mol. The third-order valence-electron chi connectivity index (χ3n) is 3.08. The van der Waals surface area contributed by atoms with Gasteiger partial charge in [0.05, 0.1) is 7.11 Å². The van der Waals surface area contributed by atoms with Crippen molar-refractivity contribution in [3.8, 4) is 0 Å². The number of nitrogens with two attached hydrogens (primary N) is 1. The molecule has 0 amide bonds. The molecule has 17 heavy (non-hydrogen) atoms. The Kier molecular flexibility index (Phi) is 3.73. The van der Waals surface area contributed by atoms with Crippen LogP contribution < -0.4 is 5.73 Å². The molecule has 0 radical (unpaired) electrons. The number of hydrogen-bond acceptors (Lipinski definition) is 5. The second kappa shape index (κ2) is 5.10. The molecule has 0 bridgehead atoms. The van der Waals surface area contributed by atoms with Gasteiger partial charge in [0.2, 0.25) is 0 Å². The zero-order valence-electron chi connectivity index (χ0n) is 9.81. The van der Waals surface area contributed by atoms with Crippen LogP contribution in [0.25, 0.3) is 0 Å². The van der Waals surface area contributed by atoms with E-state index in [9.17, 15) is 4.79 Å². The molecule has 0 saturated heterocycles. The van der Waals surface area contributed by atoms with Gasteiger partial charge in [0, 0.05) is 17.6 Å². The molecule has 1 aliphatic carbocycles. The van der Waals surface area contributed by atoms with E-state index in [1.54, 1.807) is 24.2 Å². The highest BCUT2D eigenvalue weighted by molar-refractivity contribution is 7.99. The lowest BCUT2D eigenvalue weighted by atomic mass is 9.82. The molecule has 2 unspecified atom stereocenters. The monoisotopic (exact) mass is 255 g/mol. The summed E-state index contributed by atoms with van der Waals surface area (Å²) in [5.74, 6) is -0.303. The molecule has 1 heterocycles. The van der Waals surface area contributed by atoms with E-state index in [0.717, 1.165) is 18.0 Å². The minimum absolute atomic E-state index is 0.303. The molecule has 0 spiro atoms. The number of rotatable bonds is 3. The number of nitrogens with zero attached hydrogens (tertiary/aromatic N) is 1. The fraction of sp³-hybridized carbons (Fsp3) is 0.636. The molecule has 5 nitrogen and oxygen atoms in total. The Hall–Kier alpha value is -1.01. The summed E-state index contributed by atoms with van der Waals surface area (Å²) < 4.78 is 4.78. The molecule has 1 saturated carbocycles. The lowest BCUT2D eigenvalue weighted by molar-refractivity contribution is -0.148. The Morgan fingerprint density at radius 3 is 3.24 bits per heavy atom. The number of methoxy groups -OCH3 is 1. The molecular weight excluding hydrogens is 238 g/mol. The maximum atomic E-state index is 11.7. The minimum Gasteiger partial charge on any atom is -0.468 e. The van der Waals surface area contributed by atoms with Crippen molar-refractivity contribution >= 4 is 17.7 Å². The van der Waals surface area contributed by atoms with E-state index >= 15 is 0 Å². The first-order chi connectivity index (χ1) is 8.14. The van der Waals surface area contributed by atoms with Crippen LogP contribution >= 0.6 is 11.8 Å². The van der Waals surface area contributed by atoms with Gasteiger partial charge < -0.3 is 15.5 Å². The average molecular weight is 255 g/mol. The third kappa shape index (κ3) is 2.81. The number of carbonyl (C=O) groups excluding carboxylic acids is 1. The first-order valence-corrected chi connectivity index (χ1v) is 6.55. The van der Waals surface area contributed by atoms with Crippen LogP contribution in [0.4, 0.5) is 0 Å². The zero-order chi connectivity index (χ0) is 12.3. The summed E-state index contributed by atoms with van der Waals surface area (Å²) in [5, 5.41) is 1.20. The maximum Gasteiger partial charge on any atom is 0.325 e. The van der Waals surface area contributed by atoms with Gasteiger partial charge in [-0.25, -0.2) is 4.98 Å². The molecule has 2 rings (SSSR count). The van der Waals surface area contributed by atoms with Gasteiger partial charge in [-0.2, -0.15) is 0 Å². The summed E-state index contributed by atoms with van der Waals surface area (Å²) in [6, 6.07) is 0. The molecule has 3 N–H and O–H groups in total. The van der Waals surface area contributed by atoms with E-state index in [-0.39, 0.29) is 5.97 Å². The van der Waals surface area contributed by atoms with E-state index < -0.39 is 5.54 Å². The van der Waals surface area contributed by atoms with Crippen molar-refractivity contribution in [2.75, 3.05) is 7.11 Å². The summed E-state index contributed by atoms with van der Waals surface area (Å²) in [5.41, 5.74) is 5.29. The molecule has 1 aromatic heterocycles. The van der Waals surface area contributed by atoms with Crippen molar-refractivity contribution in [1.82, 2.24) is 9.97 Å². The SMILES string of the molecule is COC(=O)C1(N)CCCC(Sc2ncc[nH]2)C1. The number of carbonyl (C=O) groups is 1. The molecule has 1 aromatic rings. The summed E-state index contributed by atoms with van der Waals surface area (Å²) in [4.78, 5) is 18.9. The summed E-state index contributed by atoms with van der Waals surface area (Å²) in [7, 11) is 1.39. The second-order valence-corrected chi connectivity index (χ2v) is 5.67. The topological polar surface area (TPSA) is 81.0 Å². The molecule has 1 aliphatic rings. The van der Waals surface area contributed by atoms with Crippen molar-refractivity contribution in [3.63, 3.8) is 0 Å². The van der Waals surface area contributed by atoms with E-state index in [0.29, 0.717) is 18.1 Å². The maximum absolute atomic E-state index is 11.7. The Labute approximate surface area is 105 Å². The van der Waals surface area contributed by atoms with E-state index in [1.807, 2.05) is 0 Å². The van der Waals surface area contributed by atoms with Crippen molar-refractivity contribution in [1.29, 1.82) is 0 Å². The molecule has 0 aliphatic heterocycles. The number of thioether (sulfide) groups is 1. The number of aromatic nitrogens is 2. The van der Waals surface area contributed by atoms with Crippen LogP contribution in [0.15, 0.2) is 17.6 Å². The average Bonchev–Trinajstić information content (AvgIpc) is 2.81. The van der Waals surface area contributed by atoms with Crippen LogP contribution in [-0.4, -0.2) is 33.8 Å². The van der Waals surface area contributed by atoms with E-state index in [4.69, 9.17) is 10.5 Å². The van der Waals surface area contributed by atoms with Crippen molar-refractivity contribution < 1.29 is 9.53 Å². The standard InChI is InChI=1S/C11H17N3O2S/c1-16-9(15)11(12)4-2-3-8(7-11)17-10-13-5-6-14-10/h5-6,8H,2-4,7,12H2,1H3,(H,13,14). The van der Waals surface area contributed by atoms with Crippen LogP contribution in [-0.2, 0) is 9.53 Å². The Morgan fingerprint density at radius 1 is 1.76 bits per heavy atom. The summed E-state index contributed by atoms with van der Waals surface area (Å²) in [6.07, 6.45) is 6.87. The first kappa shape index (κ1) is 12.4. The number of hydrogen-bond donors (Lipinski definition) is 2. The number of nitrogens with one attached hydrogen (secondary N) is 1. The van der Waals surface area contributed by atoms with Gasteiger partial charge in [0.15, 0.2) is 5.16 Å². The van der Waals surface area contributed by atoms with Gasteiger partial charge in [0.1, 0.15) is 5.54 Å². The Bertz CT molecular complexity index is 382. The van der Waals surface area contributed by atoms with Gasteiger partial charge >= 0.3 is 5.97 Å². The van der Waals surface area contributed by atoms with Crippen LogP contribution in [0.3, 0.4) is 0 Å². The molecule has 0 aromatic carbocycles. The van der Waals surface area contributed by atoms with Crippen LogP contribution in [0, 0.1) is 0 Å². The quantitative estimate of drug-likeness (QED) is 0.796. The van der Waals surface area contributed by atoms with Crippen LogP contribution in [0.5, 0.6) is 0 Å². The van der Waals surface area contributed by atoms with Gasteiger partial charge in [0.25, 0.3) is 0 Å². The fourth-order valence-corrected chi connectivity index (χ4v) is 3.46. The molecular formula is C11H17N3O2S. The Balaban J connectivity index is 1.99. The van der Waals surface area contributed by atoms with Crippen molar-refractivity contribution in [3.05, 3.63) is 12.4 Å². The van der Waals surface area contributed by atoms with E-state index in [2.05, 4.69) is 9.97 Å². The molecule has 6 heteroatoms. The molecule has 1 fully saturated rings. The zero-order valence-corrected chi connectivity index (χ0v) is 10.6. The normalized spacial score (nSPS) is 28.9.